The number of halogens is 3. The number of aryl methyl sites for hydroxylation is 2. The minimum Gasteiger partial charge on any atom is -0.335 e. The van der Waals surface area contributed by atoms with Gasteiger partial charge in [-0.3, -0.25) is 4.79 Å². The predicted molar refractivity (Wildman–Crippen MR) is 110 cm³/mol. The molecule has 0 radical (unpaired) electrons. The molecular formula is C21H24F3N7O. The van der Waals surface area contributed by atoms with E-state index in [4.69, 9.17) is 0 Å². The Balaban J connectivity index is 1.79. The summed E-state index contributed by atoms with van der Waals surface area (Å²) in [6, 6.07) is 3.37. The fourth-order valence-corrected chi connectivity index (χ4v) is 3.42. The van der Waals surface area contributed by atoms with Crippen LogP contribution in [-0.2, 0) is 12.6 Å². The minimum atomic E-state index is -4.47. The highest BCUT2D eigenvalue weighted by Crippen LogP contribution is 2.28. The quantitative estimate of drug-likeness (QED) is 0.524. The van der Waals surface area contributed by atoms with Crippen molar-refractivity contribution in [3.05, 3.63) is 59.7 Å². The number of pyridine rings is 1. The van der Waals surface area contributed by atoms with Gasteiger partial charge in [0.2, 0.25) is 0 Å². The average Bonchev–Trinajstić information content (AvgIpc) is 3.30. The smallest absolute Gasteiger partial charge is 0.335 e. The molecule has 0 saturated heterocycles. The zero-order chi connectivity index (χ0) is 23.3. The van der Waals surface area contributed by atoms with Gasteiger partial charge in [0, 0.05) is 37.1 Å². The summed E-state index contributed by atoms with van der Waals surface area (Å²) in [5.74, 6) is 0.0405. The Kier molecular flexibility index (Phi) is 7.16. The molecule has 0 aliphatic carbocycles. The van der Waals surface area contributed by atoms with Crippen LogP contribution in [0.15, 0.2) is 36.9 Å². The summed E-state index contributed by atoms with van der Waals surface area (Å²) >= 11 is 0. The SMILES string of the molecule is CC[C@@H](CCc1ncc(C(F)(F)F)cn1)N(CC)C(=O)c1nc(C)ccc1-n1nccn1. The monoisotopic (exact) mass is 447 g/mol. The van der Waals surface area contributed by atoms with Crippen LogP contribution in [0.5, 0.6) is 0 Å². The highest BCUT2D eigenvalue weighted by Gasteiger charge is 2.31. The third-order valence-corrected chi connectivity index (χ3v) is 5.10. The normalized spacial score (nSPS) is 12.6. The Morgan fingerprint density at radius 2 is 1.78 bits per heavy atom. The van der Waals surface area contributed by atoms with Gasteiger partial charge in [0.15, 0.2) is 5.69 Å². The van der Waals surface area contributed by atoms with Gasteiger partial charge in [0.1, 0.15) is 11.5 Å². The molecule has 170 valence electrons. The summed E-state index contributed by atoms with van der Waals surface area (Å²) < 4.78 is 38.1. The van der Waals surface area contributed by atoms with E-state index in [-0.39, 0.29) is 17.6 Å². The molecule has 0 fully saturated rings. The van der Waals surface area contributed by atoms with Gasteiger partial charge < -0.3 is 4.90 Å². The van der Waals surface area contributed by atoms with Crippen LogP contribution in [0.1, 0.15) is 54.3 Å². The average molecular weight is 447 g/mol. The van der Waals surface area contributed by atoms with Gasteiger partial charge in [-0.15, -0.1) is 4.80 Å². The second-order valence-corrected chi connectivity index (χ2v) is 7.22. The lowest BCUT2D eigenvalue weighted by atomic mass is 10.1. The molecule has 0 aliphatic heterocycles. The van der Waals surface area contributed by atoms with E-state index in [1.54, 1.807) is 24.0 Å². The second kappa shape index (κ2) is 9.84. The van der Waals surface area contributed by atoms with Crippen molar-refractivity contribution < 1.29 is 18.0 Å². The Bertz CT molecular complexity index is 1040. The molecule has 3 rings (SSSR count). The molecule has 3 aromatic rings. The van der Waals surface area contributed by atoms with Gasteiger partial charge in [-0.25, -0.2) is 15.0 Å². The molecule has 0 unspecified atom stereocenters. The zero-order valence-corrected chi connectivity index (χ0v) is 18.0. The maximum Gasteiger partial charge on any atom is 0.419 e. The molecule has 1 amide bonds. The van der Waals surface area contributed by atoms with Gasteiger partial charge >= 0.3 is 6.18 Å². The Hall–Kier alpha value is -3.37. The van der Waals surface area contributed by atoms with Crippen LogP contribution in [0.2, 0.25) is 0 Å². The molecule has 0 spiro atoms. The molecule has 0 aromatic carbocycles. The van der Waals surface area contributed by atoms with Crippen LogP contribution >= 0.6 is 0 Å². The molecular weight excluding hydrogens is 423 g/mol. The molecule has 0 aliphatic rings. The lowest BCUT2D eigenvalue weighted by Gasteiger charge is -2.30. The summed E-state index contributed by atoms with van der Waals surface area (Å²) in [6.07, 6.45) is 1.63. The summed E-state index contributed by atoms with van der Waals surface area (Å²) in [4.78, 5) is 28.6. The third-order valence-electron chi connectivity index (χ3n) is 5.10. The number of amides is 1. The molecule has 11 heteroatoms. The number of nitrogens with zero attached hydrogens (tertiary/aromatic N) is 7. The highest BCUT2D eigenvalue weighted by molar-refractivity contribution is 5.96. The van der Waals surface area contributed by atoms with Crippen molar-refractivity contribution in [2.24, 2.45) is 0 Å². The first-order valence-electron chi connectivity index (χ1n) is 10.3. The zero-order valence-electron chi connectivity index (χ0n) is 18.0. The minimum absolute atomic E-state index is 0.167. The Morgan fingerprint density at radius 3 is 2.34 bits per heavy atom. The van der Waals surface area contributed by atoms with Crippen molar-refractivity contribution in [3.8, 4) is 5.69 Å². The largest absolute Gasteiger partial charge is 0.419 e. The molecule has 3 heterocycles. The van der Waals surface area contributed by atoms with Gasteiger partial charge in [0.05, 0.1) is 18.0 Å². The fraction of sp³-hybridized carbons (Fsp3) is 0.429. The van der Waals surface area contributed by atoms with Crippen molar-refractivity contribution in [2.45, 2.75) is 52.3 Å². The number of hydrogen-bond acceptors (Lipinski definition) is 6. The van der Waals surface area contributed by atoms with Gasteiger partial charge in [0.25, 0.3) is 5.91 Å². The maximum atomic E-state index is 13.4. The van der Waals surface area contributed by atoms with E-state index in [1.807, 2.05) is 13.8 Å². The molecule has 0 saturated carbocycles. The van der Waals surface area contributed by atoms with E-state index in [1.165, 1.54) is 17.2 Å². The van der Waals surface area contributed by atoms with E-state index < -0.39 is 11.7 Å². The van der Waals surface area contributed by atoms with E-state index in [9.17, 15) is 18.0 Å². The van der Waals surface area contributed by atoms with E-state index in [0.717, 1.165) is 12.4 Å². The summed E-state index contributed by atoms with van der Waals surface area (Å²) in [6.45, 7) is 6.06. The number of hydrogen-bond donors (Lipinski definition) is 0. The first-order chi connectivity index (χ1) is 15.2. The Morgan fingerprint density at radius 1 is 1.12 bits per heavy atom. The van der Waals surface area contributed by atoms with Gasteiger partial charge in [-0.1, -0.05) is 6.92 Å². The topological polar surface area (TPSA) is 89.7 Å². The number of alkyl halides is 3. The van der Waals surface area contributed by atoms with Crippen LogP contribution in [0, 0.1) is 6.92 Å². The lowest BCUT2D eigenvalue weighted by Crippen LogP contribution is -2.41. The first-order valence-corrected chi connectivity index (χ1v) is 10.3. The number of rotatable bonds is 8. The van der Waals surface area contributed by atoms with Crippen LogP contribution in [0.3, 0.4) is 0 Å². The van der Waals surface area contributed by atoms with E-state index in [0.29, 0.717) is 43.0 Å². The van der Waals surface area contributed by atoms with Crippen molar-refractivity contribution in [1.29, 1.82) is 0 Å². The summed E-state index contributed by atoms with van der Waals surface area (Å²) in [5, 5.41) is 8.22. The maximum absolute atomic E-state index is 13.4. The lowest BCUT2D eigenvalue weighted by molar-refractivity contribution is -0.138. The molecule has 0 N–H and O–H groups in total. The third kappa shape index (κ3) is 5.27. The standard InChI is InChI=1S/C21H24F3N7O/c1-4-16(7-9-18-25-12-15(13-26-18)21(22,23)24)30(5-2)20(32)19-17(8-6-14(3)29-19)31-27-10-11-28-31/h6,8,10-13,16H,4-5,7,9H2,1-3H3/t16-/m0/s1. The predicted octanol–water partition coefficient (Wildman–Crippen LogP) is 3.65. The number of carbonyl (C=O) groups excluding carboxylic acids is 1. The first kappa shape index (κ1) is 23.3. The van der Waals surface area contributed by atoms with Crippen LogP contribution in [0.4, 0.5) is 13.2 Å². The van der Waals surface area contributed by atoms with Crippen molar-refractivity contribution in [2.75, 3.05) is 6.54 Å². The molecule has 0 bridgehead atoms. The van der Waals surface area contributed by atoms with Crippen LogP contribution < -0.4 is 0 Å². The van der Waals surface area contributed by atoms with Crippen molar-refractivity contribution >= 4 is 5.91 Å². The van der Waals surface area contributed by atoms with E-state index in [2.05, 4.69) is 25.1 Å². The number of aromatic nitrogens is 6. The van der Waals surface area contributed by atoms with Crippen LogP contribution in [0.25, 0.3) is 5.69 Å². The van der Waals surface area contributed by atoms with Gasteiger partial charge in [-0.05, 0) is 38.8 Å². The molecule has 1 atom stereocenters. The molecule has 32 heavy (non-hydrogen) atoms. The number of carbonyl (C=O) groups is 1. The van der Waals surface area contributed by atoms with Crippen LogP contribution in [-0.4, -0.2) is 53.3 Å². The van der Waals surface area contributed by atoms with E-state index >= 15 is 0 Å². The molecule has 3 aromatic heterocycles. The highest BCUT2D eigenvalue weighted by atomic mass is 19.4. The van der Waals surface area contributed by atoms with Crippen molar-refractivity contribution in [1.82, 2.24) is 34.8 Å². The van der Waals surface area contributed by atoms with Gasteiger partial charge in [-0.2, -0.15) is 23.4 Å². The van der Waals surface area contributed by atoms with Crippen molar-refractivity contribution in [3.63, 3.8) is 0 Å². The fourth-order valence-electron chi connectivity index (χ4n) is 3.42. The molecule has 8 nitrogen and oxygen atoms in total. The summed E-state index contributed by atoms with van der Waals surface area (Å²) in [7, 11) is 0. The summed E-state index contributed by atoms with van der Waals surface area (Å²) in [5.41, 5.74) is 0.521. The Labute approximate surface area is 183 Å². The second-order valence-electron chi connectivity index (χ2n) is 7.22.